The topological polar surface area (TPSA) is 17.1 Å². The molecule has 0 N–H and O–H groups in total. The average molecular weight is 142 g/mol. The van der Waals surface area contributed by atoms with Gasteiger partial charge in [0.15, 0.2) is 0 Å². The predicted molar refractivity (Wildman–Crippen MR) is 43.9 cm³/mol. The first-order chi connectivity index (χ1) is 4.59. The summed E-state index contributed by atoms with van der Waals surface area (Å²) in [5, 5.41) is 0. The fourth-order valence-electron chi connectivity index (χ4n) is 1.14. The third-order valence-corrected chi connectivity index (χ3v) is 1.78. The van der Waals surface area contributed by atoms with Crippen LogP contribution in [0.5, 0.6) is 0 Å². The minimum atomic E-state index is 0.210. The van der Waals surface area contributed by atoms with E-state index in [1.165, 1.54) is 0 Å². The molecule has 0 spiro atoms. The number of carbonyl (C=O) groups excluding carboxylic acids is 1. The van der Waals surface area contributed by atoms with E-state index in [1.54, 1.807) is 0 Å². The highest BCUT2D eigenvalue weighted by molar-refractivity contribution is 5.82. The van der Waals surface area contributed by atoms with E-state index in [2.05, 4.69) is 6.92 Å². The van der Waals surface area contributed by atoms with Gasteiger partial charge in [-0.15, -0.1) is 0 Å². The molecule has 0 heterocycles. The maximum Gasteiger partial charge on any atom is 0.138 e. The number of Topliss-reactive ketones (excluding diaryl/α,β-unsaturated/α-hetero) is 1. The lowest BCUT2D eigenvalue weighted by Crippen LogP contribution is -2.16. The summed E-state index contributed by atoms with van der Waals surface area (Å²) in [7, 11) is 0. The van der Waals surface area contributed by atoms with Gasteiger partial charge < -0.3 is 0 Å². The highest BCUT2D eigenvalue weighted by atomic mass is 16.1. The Labute approximate surface area is 63.8 Å². The van der Waals surface area contributed by atoms with Crippen LogP contribution < -0.4 is 0 Å². The number of hydrogen-bond acceptors (Lipinski definition) is 1. The fourth-order valence-corrected chi connectivity index (χ4v) is 1.14. The Morgan fingerprint density at radius 2 is 1.80 bits per heavy atom. The van der Waals surface area contributed by atoms with E-state index in [4.69, 9.17) is 0 Å². The molecular weight excluding hydrogens is 124 g/mol. The normalized spacial score (nSPS) is 13.7. The maximum absolute atomic E-state index is 11.2. The van der Waals surface area contributed by atoms with Crippen molar-refractivity contribution in [2.45, 2.75) is 40.5 Å². The molecule has 0 aromatic carbocycles. The van der Waals surface area contributed by atoms with Crippen LogP contribution in [0.15, 0.2) is 0 Å². The Morgan fingerprint density at radius 3 is 2.10 bits per heavy atom. The largest absolute Gasteiger partial charge is 0.299 e. The van der Waals surface area contributed by atoms with Crippen molar-refractivity contribution in [2.75, 3.05) is 0 Å². The van der Waals surface area contributed by atoms with Gasteiger partial charge in [0.1, 0.15) is 5.78 Å². The van der Waals surface area contributed by atoms with E-state index >= 15 is 0 Å². The van der Waals surface area contributed by atoms with Crippen LogP contribution >= 0.6 is 0 Å². The smallest absolute Gasteiger partial charge is 0.138 e. The number of ketones is 1. The minimum absolute atomic E-state index is 0.210. The first-order valence-electron chi connectivity index (χ1n) is 4.13. The van der Waals surface area contributed by atoms with Crippen LogP contribution in [0.3, 0.4) is 0 Å². The molecule has 0 unspecified atom stereocenters. The summed E-state index contributed by atoms with van der Waals surface area (Å²) in [6.45, 7) is 8.07. The highest BCUT2D eigenvalue weighted by Crippen LogP contribution is 2.11. The molecule has 0 aliphatic heterocycles. The predicted octanol–water partition coefficient (Wildman–Crippen LogP) is 2.65. The summed E-state index contributed by atoms with van der Waals surface area (Å²) >= 11 is 0. The molecule has 0 radical (unpaired) electrons. The van der Waals surface area contributed by atoms with Crippen LogP contribution in [0.25, 0.3) is 0 Å². The second-order valence-corrected chi connectivity index (χ2v) is 3.25. The zero-order valence-corrected chi connectivity index (χ0v) is 7.48. The zero-order valence-electron chi connectivity index (χ0n) is 7.48. The lowest BCUT2D eigenvalue weighted by Gasteiger charge is -2.10. The van der Waals surface area contributed by atoms with E-state index in [0.717, 1.165) is 12.8 Å². The van der Waals surface area contributed by atoms with Crippen molar-refractivity contribution in [3.63, 3.8) is 0 Å². The fraction of sp³-hybridized carbons (Fsp3) is 0.889. The third-order valence-electron chi connectivity index (χ3n) is 1.78. The van der Waals surface area contributed by atoms with Gasteiger partial charge in [-0.05, 0) is 6.42 Å². The van der Waals surface area contributed by atoms with Gasteiger partial charge in [0, 0.05) is 11.8 Å². The van der Waals surface area contributed by atoms with E-state index in [1.807, 2.05) is 20.8 Å². The molecule has 0 aromatic heterocycles. The van der Waals surface area contributed by atoms with Crippen LogP contribution in [0.2, 0.25) is 0 Å². The van der Waals surface area contributed by atoms with Gasteiger partial charge in [-0.2, -0.15) is 0 Å². The molecule has 0 aliphatic rings. The van der Waals surface area contributed by atoms with Crippen molar-refractivity contribution in [3.8, 4) is 0 Å². The Kier molecular flexibility index (Phi) is 4.33. The maximum atomic E-state index is 11.2. The minimum Gasteiger partial charge on any atom is -0.299 e. The first kappa shape index (κ1) is 9.67. The molecule has 1 atom stereocenters. The van der Waals surface area contributed by atoms with E-state index in [0.29, 0.717) is 5.78 Å². The molecule has 0 fully saturated rings. The summed E-state index contributed by atoms with van der Waals surface area (Å²) < 4.78 is 0. The molecule has 10 heavy (non-hydrogen) atoms. The van der Waals surface area contributed by atoms with Gasteiger partial charge in [-0.1, -0.05) is 34.1 Å². The summed E-state index contributed by atoms with van der Waals surface area (Å²) in [6, 6.07) is 0. The SMILES string of the molecule is CCC[C@H](C)C(=O)C(C)C. The summed E-state index contributed by atoms with van der Waals surface area (Å²) in [4.78, 5) is 11.2. The Bertz CT molecular complexity index is 105. The molecule has 0 bridgehead atoms. The highest BCUT2D eigenvalue weighted by Gasteiger charge is 2.14. The second-order valence-electron chi connectivity index (χ2n) is 3.25. The molecule has 1 nitrogen and oxygen atoms in total. The molecule has 1 heteroatoms. The zero-order chi connectivity index (χ0) is 8.15. The van der Waals surface area contributed by atoms with E-state index in [9.17, 15) is 4.79 Å². The Hall–Kier alpha value is -0.330. The van der Waals surface area contributed by atoms with Gasteiger partial charge in [-0.3, -0.25) is 4.79 Å². The molecular formula is C9H18O. The molecule has 0 saturated carbocycles. The van der Waals surface area contributed by atoms with Gasteiger partial charge >= 0.3 is 0 Å². The summed E-state index contributed by atoms with van der Waals surface area (Å²) in [5.74, 6) is 0.883. The van der Waals surface area contributed by atoms with Crippen molar-refractivity contribution in [3.05, 3.63) is 0 Å². The van der Waals surface area contributed by atoms with Crippen molar-refractivity contribution < 1.29 is 4.79 Å². The average Bonchev–Trinajstić information content (AvgIpc) is 1.87. The molecule has 60 valence electrons. The molecule has 0 saturated heterocycles. The second kappa shape index (κ2) is 4.48. The third kappa shape index (κ3) is 3.00. The summed E-state index contributed by atoms with van der Waals surface area (Å²) in [6.07, 6.45) is 2.15. The lowest BCUT2D eigenvalue weighted by molar-refractivity contribution is -0.125. The van der Waals surface area contributed by atoms with E-state index < -0.39 is 0 Å². The van der Waals surface area contributed by atoms with Crippen molar-refractivity contribution in [1.29, 1.82) is 0 Å². The van der Waals surface area contributed by atoms with Crippen molar-refractivity contribution in [2.24, 2.45) is 11.8 Å². The number of hydrogen-bond donors (Lipinski definition) is 0. The molecule has 0 amide bonds. The van der Waals surface area contributed by atoms with Crippen molar-refractivity contribution in [1.82, 2.24) is 0 Å². The Morgan fingerprint density at radius 1 is 1.30 bits per heavy atom. The van der Waals surface area contributed by atoms with Crippen molar-refractivity contribution >= 4 is 5.78 Å². The van der Waals surface area contributed by atoms with Gasteiger partial charge in [0.25, 0.3) is 0 Å². The lowest BCUT2D eigenvalue weighted by atomic mass is 9.93. The van der Waals surface area contributed by atoms with Gasteiger partial charge in [-0.25, -0.2) is 0 Å². The number of rotatable bonds is 4. The molecule has 0 aliphatic carbocycles. The van der Waals surface area contributed by atoms with E-state index in [-0.39, 0.29) is 11.8 Å². The van der Waals surface area contributed by atoms with Crippen LogP contribution in [-0.4, -0.2) is 5.78 Å². The standard InChI is InChI=1S/C9H18O/c1-5-6-8(4)9(10)7(2)3/h7-8H,5-6H2,1-4H3/t8-/m0/s1. The van der Waals surface area contributed by atoms with Crippen LogP contribution in [-0.2, 0) is 4.79 Å². The van der Waals surface area contributed by atoms with Crippen LogP contribution in [0.4, 0.5) is 0 Å². The summed E-state index contributed by atoms with van der Waals surface area (Å²) in [5.41, 5.74) is 0. The first-order valence-corrected chi connectivity index (χ1v) is 4.13. The van der Waals surface area contributed by atoms with Crippen LogP contribution in [0, 0.1) is 11.8 Å². The molecule has 0 rings (SSSR count). The number of carbonyl (C=O) groups is 1. The molecule has 0 aromatic rings. The monoisotopic (exact) mass is 142 g/mol. The Balaban J connectivity index is 3.71. The van der Waals surface area contributed by atoms with Gasteiger partial charge in [0.05, 0.1) is 0 Å². The quantitative estimate of drug-likeness (QED) is 0.589. The van der Waals surface area contributed by atoms with Crippen LogP contribution in [0.1, 0.15) is 40.5 Å². The van der Waals surface area contributed by atoms with Gasteiger partial charge in [0.2, 0.25) is 0 Å².